The number of carbonyl (C=O) groups is 1. The van der Waals surface area contributed by atoms with Gasteiger partial charge in [0, 0.05) is 0 Å². The molecule has 0 saturated carbocycles. The standard InChI is InChI=1S/C19H23NO3S/c1-15-8-10-16(11-9-15)23-12-5-13-24-14-19(21)20-17-6-3-4-7-18(17)22-2/h3-4,6-11H,5,12-14H2,1-2H3,(H,20,21). The van der Waals surface area contributed by atoms with E-state index in [1.807, 2.05) is 48.5 Å². The molecule has 2 rings (SSSR count). The van der Waals surface area contributed by atoms with Gasteiger partial charge in [-0.25, -0.2) is 0 Å². The molecule has 4 nitrogen and oxygen atoms in total. The lowest BCUT2D eigenvalue weighted by Crippen LogP contribution is -2.15. The van der Waals surface area contributed by atoms with E-state index in [1.54, 1.807) is 18.9 Å². The van der Waals surface area contributed by atoms with Crippen LogP contribution in [-0.2, 0) is 4.79 Å². The van der Waals surface area contributed by atoms with Crippen LogP contribution in [0, 0.1) is 6.92 Å². The van der Waals surface area contributed by atoms with Crippen molar-refractivity contribution < 1.29 is 14.3 Å². The second-order valence-corrected chi connectivity index (χ2v) is 6.42. The van der Waals surface area contributed by atoms with Gasteiger partial charge in [-0.1, -0.05) is 29.8 Å². The van der Waals surface area contributed by atoms with Crippen molar-refractivity contribution in [3.63, 3.8) is 0 Å². The van der Waals surface area contributed by atoms with Crippen LogP contribution in [0.5, 0.6) is 11.5 Å². The molecule has 5 heteroatoms. The average Bonchev–Trinajstić information content (AvgIpc) is 2.60. The third kappa shape index (κ3) is 6.16. The summed E-state index contributed by atoms with van der Waals surface area (Å²) in [7, 11) is 1.59. The second kappa shape index (κ2) is 9.88. The van der Waals surface area contributed by atoms with E-state index in [4.69, 9.17) is 9.47 Å². The molecule has 2 aromatic rings. The van der Waals surface area contributed by atoms with Crippen molar-refractivity contribution in [1.29, 1.82) is 0 Å². The molecule has 0 aromatic heterocycles. The van der Waals surface area contributed by atoms with Crippen LogP contribution in [-0.4, -0.2) is 31.1 Å². The Balaban J connectivity index is 1.60. The van der Waals surface area contributed by atoms with E-state index in [1.165, 1.54) is 5.56 Å². The first-order valence-corrected chi connectivity index (χ1v) is 9.04. The fraction of sp³-hybridized carbons (Fsp3) is 0.316. The van der Waals surface area contributed by atoms with E-state index in [-0.39, 0.29) is 5.91 Å². The van der Waals surface area contributed by atoms with Gasteiger partial charge >= 0.3 is 0 Å². The zero-order valence-corrected chi connectivity index (χ0v) is 14.9. The molecule has 0 bridgehead atoms. The summed E-state index contributed by atoms with van der Waals surface area (Å²) in [5.41, 5.74) is 1.92. The number of methoxy groups -OCH3 is 1. The van der Waals surface area contributed by atoms with Crippen LogP contribution in [0.15, 0.2) is 48.5 Å². The van der Waals surface area contributed by atoms with Crippen LogP contribution < -0.4 is 14.8 Å². The molecule has 24 heavy (non-hydrogen) atoms. The van der Waals surface area contributed by atoms with Gasteiger partial charge in [0.15, 0.2) is 0 Å². The number of benzene rings is 2. The maximum Gasteiger partial charge on any atom is 0.234 e. The number of amides is 1. The summed E-state index contributed by atoms with van der Waals surface area (Å²) in [4.78, 5) is 11.9. The van der Waals surface area contributed by atoms with Gasteiger partial charge in [-0.2, -0.15) is 11.8 Å². The number of nitrogens with one attached hydrogen (secondary N) is 1. The molecule has 0 heterocycles. The van der Waals surface area contributed by atoms with Gasteiger partial charge in [0.25, 0.3) is 0 Å². The maximum absolute atomic E-state index is 11.9. The SMILES string of the molecule is COc1ccccc1NC(=O)CSCCCOc1ccc(C)cc1. The number of anilines is 1. The molecule has 0 aliphatic carbocycles. The molecule has 1 amide bonds. The smallest absolute Gasteiger partial charge is 0.234 e. The van der Waals surface area contributed by atoms with Crippen LogP contribution >= 0.6 is 11.8 Å². The van der Waals surface area contributed by atoms with E-state index in [2.05, 4.69) is 12.2 Å². The number of ether oxygens (including phenoxy) is 2. The molecule has 1 N–H and O–H groups in total. The largest absolute Gasteiger partial charge is 0.495 e. The van der Waals surface area contributed by atoms with Crippen molar-refractivity contribution in [3.05, 3.63) is 54.1 Å². The lowest BCUT2D eigenvalue weighted by Gasteiger charge is -2.09. The fourth-order valence-electron chi connectivity index (χ4n) is 2.08. The van der Waals surface area contributed by atoms with Gasteiger partial charge in [-0.15, -0.1) is 0 Å². The Hall–Kier alpha value is -2.14. The van der Waals surface area contributed by atoms with Crippen LogP contribution in [0.2, 0.25) is 0 Å². The van der Waals surface area contributed by atoms with E-state index < -0.39 is 0 Å². The molecular formula is C19H23NO3S. The normalized spacial score (nSPS) is 10.2. The van der Waals surface area contributed by atoms with Gasteiger partial charge in [0.1, 0.15) is 11.5 Å². The van der Waals surface area contributed by atoms with Gasteiger partial charge in [-0.3, -0.25) is 4.79 Å². The zero-order valence-electron chi connectivity index (χ0n) is 14.1. The first-order valence-electron chi connectivity index (χ1n) is 7.89. The molecule has 0 aliphatic rings. The quantitative estimate of drug-likeness (QED) is 0.694. The zero-order chi connectivity index (χ0) is 17.2. The first kappa shape index (κ1) is 18.2. The molecule has 0 saturated heterocycles. The molecule has 2 aromatic carbocycles. The Labute approximate surface area is 147 Å². The third-order valence-electron chi connectivity index (χ3n) is 3.34. The van der Waals surface area contributed by atoms with Crippen molar-refractivity contribution in [1.82, 2.24) is 0 Å². The molecule has 128 valence electrons. The summed E-state index contributed by atoms with van der Waals surface area (Å²) >= 11 is 1.60. The number of hydrogen-bond donors (Lipinski definition) is 1. The van der Waals surface area contributed by atoms with Crippen molar-refractivity contribution in [2.75, 3.05) is 30.5 Å². The van der Waals surface area contributed by atoms with E-state index in [9.17, 15) is 4.79 Å². The van der Waals surface area contributed by atoms with E-state index in [0.29, 0.717) is 23.8 Å². The lowest BCUT2D eigenvalue weighted by atomic mass is 10.2. The first-order chi connectivity index (χ1) is 11.7. The van der Waals surface area contributed by atoms with Crippen molar-refractivity contribution in [2.24, 2.45) is 0 Å². The van der Waals surface area contributed by atoms with Crippen LogP contribution in [0.1, 0.15) is 12.0 Å². The molecule has 0 aliphatic heterocycles. The Bertz CT molecular complexity index is 643. The van der Waals surface area contributed by atoms with E-state index >= 15 is 0 Å². The highest BCUT2D eigenvalue weighted by atomic mass is 32.2. The number of aryl methyl sites for hydroxylation is 1. The Kier molecular flexibility index (Phi) is 7.49. The highest BCUT2D eigenvalue weighted by molar-refractivity contribution is 7.99. The minimum Gasteiger partial charge on any atom is -0.495 e. The summed E-state index contributed by atoms with van der Waals surface area (Å²) in [6.45, 7) is 2.71. The van der Waals surface area contributed by atoms with Gasteiger partial charge in [-0.05, 0) is 43.4 Å². The topological polar surface area (TPSA) is 47.6 Å². The number of para-hydroxylation sites is 2. The highest BCUT2D eigenvalue weighted by Gasteiger charge is 2.06. The molecule has 0 spiro atoms. The Morgan fingerprint density at radius 3 is 2.62 bits per heavy atom. The van der Waals surface area contributed by atoms with Crippen LogP contribution in [0.25, 0.3) is 0 Å². The molecule has 0 fully saturated rings. The monoisotopic (exact) mass is 345 g/mol. The average molecular weight is 345 g/mol. The Morgan fingerprint density at radius 2 is 1.88 bits per heavy atom. The molecule has 0 radical (unpaired) electrons. The van der Waals surface area contributed by atoms with Crippen LogP contribution in [0.3, 0.4) is 0 Å². The molecular weight excluding hydrogens is 322 g/mol. The summed E-state index contributed by atoms with van der Waals surface area (Å²) < 4.78 is 10.9. The number of rotatable bonds is 9. The predicted molar refractivity (Wildman–Crippen MR) is 100 cm³/mol. The minimum absolute atomic E-state index is 0.0241. The lowest BCUT2D eigenvalue weighted by molar-refractivity contribution is -0.113. The number of hydrogen-bond acceptors (Lipinski definition) is 4. The third-order valence-corrected chi connectivity index (χ3v) is 4.38. The predicted octanol–water partition coefficient (Wildman–Crippen LogP) is 4.14. The summed E-state index contributed by atoms with van der Waals surface area (Å²) in [5, 5.41) is 2.87. The Morgan fingerprint density at radius 1 is 1.12 bits per heavy atom. The maximum atomic E-state index is 11.9. The summed E-state index contributed by atoms with van der Waals surface area (Å²) in [6.07, 6.45) is 0.903. The van der Waals surface area contributed by atoms with Gasteiger partial charge < -0.3 is 14.8 Å². The van der Waals surface area contributed by atoms with Gasteiger partial charge in [0.05, 0.1) is 25.2 Å². The van der Waals surface area contributed by atoms with Crippen molar-refractivity contribution in [2.45, 2.75) is 13.3 Å². The van der Waals surface area contributed by atoms with Crippen LogP contribution in [0.4, 0.5) is 5.69 Å². The summed E-state index contributed by atoms with van der Waals surface area (Å²) in [6, 6.07) is 15.4. The van der Waals surface area contributed by atoms with Crippen molar-refractivity contribution >= 4 is 23.4 Å². The van der Waals surface area contributed by atoms with E-state index in [0.717, 1.165) is 17.9 Å². The fourth-order valence-corrected chi connectivity index (χ4v) is 2.81. The second-order valence-electron chi connectivity index (χ2n) is 5.32. The summed E-state index contributed by atoms with van der Waals surface area (Å²) in [5.74, 6) is 2.83. The van der Waals surface area contributed by atoms with Gasteiger partial charge in [0.2, 0.25) is 5.91 Å². The highest BCUT2D eigenvalue weighted by Crippen LogP contribution is 2.23. The van der Waals surface area contributed by atoms with Crippen molar-refractivity contribution in [3.8, 4) is 11.5 Å². The molecule has 0 unspecified atom stereocenters. The minimum atomic E-state index is -0.0241. The number of thioether (sulfide) groups is 1. The number of carbonyl (C=O) groups excluding carboxylic acids is 1. The molecule has 0 atom stereocenters.